The van der Waals surface area contributed by atoms with Crippen LogP contribution in [0.5, 0.6) is 0 Å². The van der Waals surface area contributed by atoms with E-state index in [-0.39, 0.29) is 18.9 Å². The fourth-order valence-electron chi connectivity index (χ4n) is 2.09. The minimum atomic E-state index is -1.19. The van der Waals surface area contributed by atoms with Crippen LogP contribution in [-0.2, 0) is 4.74 Å². The highest BCUT2D eigenvalue weighted by Crippen LogP contribution is 2.25. The lowest BCUT2D eigenvalue weighted by Gasteiger charge is -2.42. The minimum Gasteiger partial charge on any atom is -0.394 e. The van der Waals surface area contributed by atoms with Crippen LogP contribution < -0.4 is 0 Å². The molecule has 1 aliphatic heterocycles. The molecular formula is C10H21NO5. The van der Waals surface area contributed by atoms with Crippen molar-refractivity contribution in [2.75, 3.05) is 33.2 Å². The van der Waals surface area contributed by atoms with Gasteiger partial charge in [0.15, 0.2) is 0 Å². The number of aliphatic hydroxyl groups is 4. The van der Waals surface area contributed by atoms with Crippen LogP contribution in [-0.4, -0.2) is 76.2 Å². The van der Waals surface area contributed by atoms with Crippen molar-refractivity contribution in [1.82, 2.24) is 4.90 Å². The summed E-state index contributed by atoms with van der Waals surface area (Å²) in [5.74, 6) is 0. The van der Waals surface area contributed by atoms with Gasteiger partial charge in [-0.05, 0) is 13.3 Å². The van der Waals surface area contributed by atoms with Crippen LogP contribution in [0.1, 0.15) is 13.3 Å². The summed E-state index contributed by atoms with van der Waals surface area (Å²) in [5.41, 5.74) is -1.19. The van der Waals surface area contributed by atoms with Gasteiger partial charge in [-0.2, -0.15) is 0 Å². The molecule has 1 heterocycles. The fourth-order valence-corrected chi connectivity index (χ4v) is 2.09. The molecule has 1 rings (SSSR count). The van der Waals surface area contributed by atoms with E-state index in [0.29, 0.717) is 13.0 Å². The molecule has 96 valence electrons. The molecule has 1 fully saturated rings. The Morgan fingerprint density at radius 3 is 2.06 bits per heavy atom. The van der Waals surface area contributed by atoms with Crippen molar-refractivity contribution in [3.8, 4) is 0 Å². The summed E-state index contributed by atoms with van der Waals surface area (Å²) < 4.78 is 5.38. The number of nitrogens with zero attached hydrogens (tertiary/aromatic N) is 1. The van der Waals surface area contributed by atoms with Crippen LogP contribution >= 0.6 is 0 Å². The second-order valence-electron chi connectivity index (χ2n) is 4.34. The minimum absolute atomic E-state index is 0.0906. The smallest absolute Gasteiger partial charge is 0.0966 e. The zero-order valence-electron chi connectivity index (χ0n) is 9.54. The van der Waals surface area contributed by atoms with Crippen molar-refractivity contribution in [2.24, 2.45) is 0 Å². The summed E-state index contributed by atoms with van der Waals surface area (Å²) in [4.78, 5) is 1.51. The Labute approximate surface area is 95.1 Å². The topological polar surface area (TPSA) is 93.4 Å². The quantitative estimate of drug-likeness (QED) is 0.403. The SMILES string of the molecule is CC1CC(N(CO)C(CO)(CO)CO)CO1. The molecular weight excluding hydrogens is 214 g/mol. The maximum absolute atomic E-state index is 9.34. The van der Waals surface area contributed by atoms with E-state index in [9.17, 15) is 20.4 Å². The van der Waals surface area contributed by atoms with Gasteiger partial charge < -0.3 is 25.2 Å². The number of ether oxygens (including phenoxy) is 1. The first-order valence-corrected chi connectivity index (χ1v) is 5.45. The third-order valence-corrected chi connectivity index (χ3v) is 3.26. The van der Waals surface area contributed by atoms with Crippen molar-refractivity contribution in [3.63, 3.8) is 0 Å². The van der Waals surface area contributed by atoms with Crippen molar-refractivity contribution in [3.05, 3.63) is 0 Å². The summed E-state index contributed by atoms with van der Waals surface area (Å²) >= 11 is 0. The van der Waals surface area contributed by atoms with Crippen LogP contribution in [0.3, 0.4) is 0 Å². The molecule has 4 N–H and O–H groups in total. The first-order chi connectivity index (χ1) is 7.63. The Bertz CT molecular complexity index is 201. The Balaban J connectivity index is 2.78. The maximum atomic E-state index is 9.34. The van der Waals surface area contributed by atoms with Gasteiger partial charge >= 0.3 is 0 Å². The van der Waals surface area contributed by atoms with Gasteiger partial charge in [-0.3, -0.25) is 4.90 Å². The van der Waals surface area contributed by atoms with Gasteiger partial charge in [-0.1, -0.05) is 0 Å². The van der Waals surface area contributed by atoms with Crippen molar-refractivity contribution in [1.29, 1.82) is 0 Å². The number of hydrogen-bond donors (Lipinski definition) is 4. The number of aliphatic hydroxyl groups excluding tert-OH is 4. The molecule has 16 heavy (non-hydrogen) atoms. The van der Waals surface area contributed by atoms with E-state index in [0.717, 1.165) is 0 Å². The maximum Gasteiger partial charge on any atom is 0.0966 e. The monoisotopic (exact) mass is 235 g/mol. The van der Waals surface area contributed by atoms with Gasteiger partial charge in [0.25, 0.3) is 0 Å². The molecule has 0 aromatic heterocycles. The molecule has 1 saturated heterocycles. The molecule has 0 amide bonds. The predicted molar refractivity (Wildman–Crippen MR) is 56.7 cm³/mol. The highest BCUT2D eigenvalue weighted by atomic mass is 16.5. The second kappa shape index (κ2) is 5.90. The van der Waals surface area contributed by atoms with Crippen molar-refractivity contribution in [2.45, 2.75) is 31.0 Å². The highest BCUT2D eigenvalue weighted by molar-refractivity contribution is 4.94. The molecule has 2 unspecified atom stereocenters. The molecule has 0 bridgehead atoms. The Hall–Kier alpha value is -0.240. The average Bonchev–Trinajstić information content (AvgIpc) is 2.72. The third kappa shape index (κ3) is 2.53. The Morgan fingerprint density at radius 2 is 1.75 bits per heavy atom. The molecule has 1 aliphatic rings. The summed E-state index contributed by atoms with van der Waals surface area (Å²) in [5, 5.41) is 37.2. The van der Waals surface area contributed by atoms with Gasteiger partial charge in [0.05, 0.1) is 44.8 Å². The third-order valence-electron chi connectivity index (χ3n) is 3.26. The molecule has 0 aromatic carbocycles. The molecule has 0 aromatic rings. The largest absolute Gasteiger partial charge is 0.394 e. The van der Waals surface area contributed by atoms with Crippen LogP contribution in [0, 0.1) is 0 Å². The van der Waals surface area contributed by atoms with Gasteiger partial charge in [-0.25, -0.2) is 0 Å². The van der Waals surface area contributed by atoms with E-state index in [1.165, 1.54) is 4.90 Å². The predicted octanol–water partition coefficient (Wildman–Crippen LogP) is -1.87. The number of hydrogen-bond acceptors (Lipinski definition) is 6. The van der Waals surface area contributed by atoms with Crippen molar-refractivity contribution < 1.29 is 25.2 Å². The zero-order valence-corrected chi connectivity index (χ0v) is 9.54. The summed E-state index contributed by atoms with van der Waals surface area (Å²) in [6.45, 7) is 0.794. The van der Waals surface area contributed by atoms with Crippen LogP contribution in [0.25, 0.3) is 0 Å². The van der Waals surface area contributed by atoms with E-state index in [1.807, 2.05) is 6.92 Å². The van der Waals surface area contributed by atoms with Gasteiger partial charge in [0.2, 0.25) is 0 Å². The van der Waals surface area contributed by atoms with E-state index >= 15 is 0 Å². The first-order valence-electron chi connectivity index (χ1n) is 5.45. The Morgan fingerprint density at radius 1 is 1.19 bits per heavy atom. The Kier molecular flexibility index (Phi) is 5.10. The molecule has 6 nitrogen and oxygen atoms in total. The molecule has 2 atom stereocenters. The van der Waals surface area contributed by atoms with Gasteiger partial charge in [-0.15, -0.1) is 0 Å². The molecule has 0 radical (unpaired) electrons. The lowest BCUT2D eigenvalue weighted by Crippen LogP contribution is -2.61. The van der Waals surface area contributed by atoms with Gasteiger partial charge in [0, 0.05) is 6.04 Å². The average molecular weight is 235 g/mol. The van der Waals surface area contributed by atoms with Gasteiger partial charge in [0.1, 0.15) is 0 Å². The van der Waals surface area contributed by atoms with Crippen LogP contribution in [0.4, 0.5) is 0 Å². The lowest BCUT2D eigenvalue weighted by molar-refractivity contribution is -0.103. The molecule has 0 saturated carbocycles. The molecule has 0 spiro atoms. The summed E-state index contributed by atoms with van der Waals surface area (Å²) in [7, 11) is 0. The van der Waals surface area contributed by atoms with Crippen LogP contribution in [0.15, 0.2) is 0 Å². The zero-order chi connectivity index (χ0) is 12.2. The molecule has 6 heteroatoms. The van der Waals surface area contributed by atoms with E-state index in [2.05, 4.69) is 0 Å². The summed E-state index contributed by atoms with van der Waals surface area (Å²) in [6, 6.07) is -0.0913. The van der Waals surface area contributed by atoms with E-state index in [1.54, 1.807) is 0 Å². The number of rotatable bonds is 6. The van der Waals surface area contributed by atoms with E-state index in [4.69, 9.17) is 4.74 Å². The molecule has 0 aliphatic carbocycles. The fraction of sp³-hybridized carbons (Fsp3) is 1.00. The highest BCUT2D eigenvalue weighted by Gasteiger charge is 2.41. The normalized spacial score (nSPS) is 26.6. The summed E-state index contributed by atoms with van der Waals surface area (Å²) in [6.07, 6.45) is 0.801. The van der Waals surface area contributed by atoms with E-state index < -0.39 is 25.4 Å². The van der Waals surface area contributed by atoms with Crippen LogP contribution in [0.2, 0.25) is 0 Å². The standard InChI is InChI=1S/C10H21NO5/c1-8-2-9(3-16-8)11(7-15)10(4-12,5-13)6-14/h8-9,12-15H,2-7H2,1H3. The lowest BCUT2D eigenvalue weighted by atomic mass is 9.97. The first kappa shape index (κ1) is 13.8. The van der Waals surface area contributed by atoms with Crippen molar-refractivity contribution >= 4 is 0 Å². The second-order valence-corrected chi connectivity index (χ2v) is 4.34.